The first kappa shape index (κ1) is 20.1. The van der Waals surface area contributed by atoms with Crippen molar-refractivity contribution in [1.29, 1.82) is 0 Å². The number of fused-ring (bicyclic) bond motifs is 2. The van der Waals surface area contributed by atoms with Crippen molar-refractivity contribution in [3.8, 4) is 0 Å². The molecular weight excluding hydrogens is 405 g/mol. The largest absolute Gasteiger partial charge is 0.331 e. The van der Waals surface area contributed by atoms with Crippen LogP contribution < -0.4 is 5.56 Å². The third-order valence-corrected chi connectivity index (χ3v) is 6.26. The molecule has 0 bridgehead atoms. The molecule has 5 rings (SSSR count). The lowest BCUT2D eigenvalue weighted by Crippen LogP contribution is -2.39. The number of benzene rings is 3. The van der Waals surface area contributed by atoms with Crippen LogP contribution in [-0.2, 0) is 12.8 Å². The number of nitrogens with one attached hydrogen (secondary N) is 1. The Kier molecular flexibility index (Phi) is 5.05. The average molecular weight is 427 g/mol. The van der Waals surface area contributed by atoms with E-state index in [4.69, 9.17) is 0 Å². The molecule has 0 spiro atoms. The van der Waals surface area contributed by atoms with Gasteiger partial charge in [-0.3, -0.25) is 9.59 Å². The Balaban J connectivity index is 1.47. The molecule has 1 aliphatic heterocycles. The van der Waals surface area contributed by atoms with Crippen LogP contribution in [0.2, 0.25) is 0 Å². The van der Waals surface area contributed by atoms with Gasteiger partial charge in [0.05, 0.1) is 22.7 Å². The van der Waals surface area contributed by atoms with Crippen LogP contribution in [0.5, 0.6) is 0 Å². The number of H-pyrrole nitrogens is 1. The molecular formula is C26H22FN3O2. The van der Waals surface area contributed by atoms with E-state index in [9.17, 15) is 14.0 Å². The van der Waals surface area contributed by atoms with Crippen LogP contribution in [0.4, 0.5) is 4.39 Å². The molecule has 1 atom stereocenters. The normalized spacial score (nSPS) is 15.6. The van der Waals surface area contributed by atoms with Gasteiger partial charge in [0.2, 0.25) is 0 Å². The average Bonchev–Trinajstić information content (AvgIpc) is 2.82. The van der Waals surface area contributed by atoms with Gasteiger partial charge in [-0.15, -0.1) is 0 Å². The monoisotopic (exact) mass is 427 g/mol. The Bertz CT molecular complexity index is 1400. The maximum absolute atomic E-state index is 14.7. The minimum absolute atomic E-state index is 0.0578. The third kappa shape index (κ3) is 3.47. The fourth-order valence-corrected chi connectivity index (χ4v) is 4.55. The Morgan fingerprint density at radius 3 is 2.69 bits per heavy atom. The van der Waals surface area contributed by atoms with Crippen molar-refractivity contribution in [1.82, 2.24) is 15.1 Å². The second-order valence-corrected chi connectivity index (χ2v) is 8.16. The number of hydrogen-bond acceptors (Lipinski definition) is 3. The van der Waals surface area contributed by atoms with Gasteiger partial charge in [-0.1, -0.05) is 48.5 Å². The van der Waals surface area contributed by atoms with Crippen LogP contribution in [0, 0.1) is 5.82 Å². The van der Waals surface area contributed by atoms with E-state index < -0.39 is 5.82 Å². The molecule has 1 N–H and O–H groups in total. The SMILES string of the molecule is CC1c2ccccc2CCN1C(=O)c1cc(Cc2n[nH]c(=O)c3ccccc23)ccc1F. The van der Waals surface area contributed by atoms with Crippen LogP contribution in [0.25, 0.3) is 10.8 Å². The number of halogens is 1. The highest BCUT2D eigenvalue weighted by Gasteiger charge is 2.29. The first-order chi connectivity index (χ1) is 15.5. The van der Waals surface area contributed by atoms with Crippen molar-refractivity contribution in [3.63, 3.8) is 0 Å². The van der Waals surface area contributed by atoms with Crippen LogP contribution in [0.3, 0.4) is 0 Å². The van der Waals surface area contributed by atoms with Crippen molar-refractivity contribution in [2.75, 3.05) is 6.54 Å². The summed E-state index contributed by atoms with van der Waals surface area (Å²) in [5, 5.41) is 8.02. The maximum Gasteiger partial charge on any atom is 0.272 e. The lowest BCUT2D eigenvalue weighted by atomic mass is 9.93. The molecule has 1 unspecified atom stereocenters. The summed E-state index contributed by atoms with van der Waals surface area (Å²) >= 11 is 0. The number of amides is 1. The lowest BCUT2D eigenvalue weighted by molar-refractivity contribution is 0.0672. The van der Waals surface area contributed by atoms with Crippen LogP contribution in [0.1, 0.15) is 45.7 Å². The summed E-state index contributed by atoms with van der Waals surface area (Å²) < 4.78 is 14.7. The summed E-state index contributed by atoms with van der Waals surface area (Å²) in [6, 6.07) is 19.8. The topological polar surface area (TPSA) is 66.1 Å². The predicted molar refractivity (Wildman–Crippen MR) is 121 cm³/mol. The molecule has 0 radical (unpaired) electrons. The third-order valence-electron chi connectivity index (χ3n) is 6.26. The first-order valence-corrected chi connectivity index (χ1v) is 10.7. The lowest BCUT2D eigenvalue weighted by Gasteiger charge is -2.35. The van der Waals surface area contributed by atoms with Gasteiger partial charge in [0.15, 0.2) is 0 Å². The molecule has 1 amide bonds. The number of rotatable bonds is 3. The second-order valence-electron chi connectivity index (χ2n) is 8.16. The highest BCUT2D eigenvalue weighted by Crippen LogP contribution is 2.31. The molecule has 0 saturated carbocycles. The molecule has 3 aromatic carbocycles. The zero-order chi connectivity index (χ0) is 22.2. The zero-order valence-corrected chi connectivity index (χ0v) is 17.6. The van der Waals surface area contributed by atoms with Crippen molar-refractivity contribution < 1.29 is 9.18 Å². The van der Waals surface area contributed by atoms with Gasteiger partial charge in [-0.25, -0.2) is 9.49 Å². The molecule has 32 heavy (non-hydrogen) atoms. The number of aromatic nitrogens is 2. The number of carbonyl (C=O) groups excluding carboxylic acids is 1. The summed E-state index contributed by atoms with van der Waals surface area (Å²) in [6.07, 6.45) is 1.12. The van der Waals surface area contributed by atoms with Crippen LogP contribution in [-0.4, -0.2) is 27.5 Å². The zero-order valence-electron chi connectivity index (χ0n) is 17.6. The molecule has 0 aliphatic carbocycles. The summed E-state index contributed by atoms with van der Waals surface area (Å²) in [6.45, 7) is 2.53. The standard InChI is InChI=1S/C26H22FN3O2/c1-16-19-7-3-2-6-18(19)12-13-30(16)26(32)22-14-17(10-11-23(22)27)15-24-20-8-4-5-9-21(20)25(31)29-28-24/h2-11,14,16H,12-13,15H2,1H3,(H,29,31). The Hall–Kier alpha value is -3.80. The molecule has 6 heteroatoms. The highest BCUT2D eigenvalue weighted by molar-refractivity contribution is 5.95. The molecule has 2 heterocycles. The Labute approximate surface area is 184 Å². The van der Waals surface area contributed by atoms with E-state index in [-0.39, 0.29) is 23.1 Å². The van der Waals surface area contributed by atoms with Crippen molar-refractivity contribution in [2.45, 2.75) is 25.8 Å². The number of aromatic amines is 1. The molecule has 4 aromatic rings. The summed E-state index contributed by atoms with van der Waals surface area (Å²) in [7, 11) is 0. The minimum atomic E-state index is -0.538. The van der Waals surface area contributed by atoms with Crippen molar-refractivity contribution in [3.05, 3.63) is 111 Å². The number of carbonyl (C=O) groups is 1. The smallest absolute Gasteiger partial charge is 0.272 e. The second kappa shape index (κ2) is 8.04. The number of hydrogen-bond donors (Lipinski definition) is 1. The van der Waals surface area contributed by atoms with Gasteiger partial charge in [0, 0.05) is 18.4 Å². The molecule has 1 aliphatic rings. The van der Waals surface area contributed by atoms with E-state index in [0.717, 1.165) is 22.9 Å². The molecule has 0 saturated heterocycles. The van der Waals surface area contributed by atoms with Gasteiger partial charge in [-0.05, 0) is 48.2 Å². The highest BCUT2D eigenvalue weighted by atomic mass is 19.1. The fraction of sp³-hybridized carbons (Fsp3) is 0.192. The molecule has 0 fully saturated rings. The van der Waals surface area contributed by atoms with Crippen molar-refractivity contribution >= 4 is 16.7 Å². The van der Waals surface area contributed by atoms with Gasteiger partial charge >= 0.3 is 0 Å². The van der Waals surface area contributed by atoms with E-state index in [1.54, 1.807) is 29.2 Å². The predicted octanol–water partition coefficient (Wildman–Crippen LogP) is 4.41. The fourth-order valence-electron chi connectivity index (χ4n) is 4.55. The van der Waals surface area contributed by atoms with E-state index in [0.29, 0.717) is 24.0 Å². The van der Waals surface area contributed by atoms with Gasteiger partial charge < -0.3 is 4.90 Å². The first-order valence-electron chi connectivity index (χ1n) is 10.7. The van der Waals surface area contributed by atoms with E-state index >= 15 is 0 Å². The Morgan fingerprint density at radius 2 is 1.84 bits per heavy atom. The molecule has 160 valence electrons. The summed E-state index contributed by atoms with van der Waals surface area (Å²) in [5.74, 6) is -0.852. The van der Waals surface area contributed by atoms with E-state index in [2.05, 4.69) is 16.3 Å². The summed E-state index contributed by atoms with van der Waals surface area (Å²) in [4.78, 5) is 27.1. The quantitative estimate of drug-likeness (QED) is 0.527. The van der Waals surface area contributed by atoms with Crippen LogP contribution in [0.15, 0.2) is 71.5 Å². The molecule has 1 aromatic heterocycles. The number of nitrogens with zero attached hydrogens (tertiary/aromatic N) is 2. The summed E-state index contributed by atoms with van der Waals surface area (Å²) in [5.41, 5.74) is 3.57. The molecule has 5 nitrogen and oxygen atoms in total. The van der Waals surface area contributed by atoms with Gasteiger partial charge in [0.1, 0.15) is 5.82 Å². The van der Waals surface area contributed by atoms with E-state index in [1.165, 1.54) is 11.6 Å². The van der Waals surface area contributed by atoms with Crippen LogP contribution >= 0.6 is 0 Å². The van der Waals surface area contributed by atoms with Crippen molar-refractivity contribution in [2.24, 2.45) is 0 Å². The maximum atomic E-state index is 14.7. The Morgan fingerprint density at radius 1 is 1.09 bits per heavy atom. The van der Waals surface area contributed by atoms with Gasteiger partial charge in [-0.2, -0.15) is 5.10 Å². The van der Waals surface area contributed by atoms with Gasteiger partial charge in [0.25, 0.3) is 11.5 Å². The van der Waals surface area contributed by atoms with E-state index in [1.807, 2.05) is 37.3 Å². The minimum Gasteiger partial charge on any atom is -0.331 e.